The van der Waals surface area contributed by atoms with E-state index in [9.17, 15) is 0 Å². The fraction of sp³-hybridized carbons (Fsp3) is 0.333. The maximum Gasteiger partial charge on any atom is 0.0488 e. The molecule has 0 bridgehead atoms. The molecule has 1 fully saturated rings. The van der Waals surface area contributed by atoms with Crippen molar-refractivity contribution in [2.45, 2.75) is 25.4 Å². The Hall–Kier alpha value is -0.380. The van der Waals surface area contributed by atoms with Crippen LogP contribution < -0.4 is 5.32 Å². The first-order valence-electron chi connectivity index (χ1n) is 5.22. The van der Waals surface area contributed by atoms with Crippen LogP contribution in [0.25, 0.3) is 10.1 Å². The van der Waals surface area contributed by atoms with E-state index in [1.54, 1.807) is 0 Å². The Bertz CT molecular complexity index is 487. The van der Waals surface area contributed by atoms with E-state index >= 15 is 0 Å². The van der Waals surface area contributed by atoms with Gasteiger partial charge in [-0.05, 0) is 51.2 Å². The number of thiophene rings is 1. The van der Waals surface area contributed by atoms with Crippen LogP contribution in [0.3, 0.4) is 0 Å². The third-order valence-electron chi connectivity index (χ3n) is 2.79. The number of benzene rings is 1. The Morgan fingerprint density at radius 2 is 2.27 bits per heavy atom. The maximum absolute atomic E-state index is 3.59. The lowest BCUT2D eigenvalue weighted by Gasteiger charge is -2.01. The van der Waals surface area contributed by atoms with E-state index in [0.29, 0.717) is 0 Å². The second-order valence-corrected chi connectivity index (χ2v) is 5.77. The lowest BCUT2D eigenvalue weighted by molar-refractivity contribution is 0.692. The van der Waals surface area contributed by atoms with Crippen molar-refractivity contribution >= 4 is 37.4 Å². The molecule has 1 aromatic heterocycles. The van der Waals surface area contributed by atoms with Crippen LogP contribution in [0.5, 0.6) is 0 Å². The van der Waals surface area contributed by atoms with Gasteiger partial charge < -0.3 is 5.32 Å². The van der Waals surface area contributed by atoms with Gasteiger partial charge in [-0.25, -0.2) is 0 Å². The van der Waals surface area contributed by atoms with Crippen LogP contribution in [0.1, 0.15) is 18.4 Å². The summed E-state index contributed by atoms with van der Waals surface area (Å²) in [6.07, 6.45) is 2.71. The van der Waals surface area contributed by atoms with Crippen molar-refractivity contribution in [3.05, 3.63) is 33.6 Å². The molecule has 1 nitrogen and oxygen atoms in total. The van der Waals surface area contributed by atoms with Gasteiger partial charge in [-0.3, -0.25) is 0 Å². The van der Waals surface area contributed by atoms with E-state index in [0.717, 1.165) is 12.6 Å². The average Bonchev–Trinajstić information content (AvgIpc) is 2.97. The second-order valence-electron chi connectivity index (χ2n) is 4.03. The zero-order chi connectivity index (χ0) is 10.3. The second kappa shape index (κ2) is 3.89. The van der Waals surface area contributed by atoms with E-state index in [-0.39, 0.29) is 0 Å². The minimum absolute atomic E-state index is 0.784. The van der Waals surface area contributed by atoms with Gasteiger partial charge in [0, 0.05) is 21.8 Å². The molecule has 0 unspecified atom stereocenters. The molecular weight excluding hydrogens is 270 g/mol. The van der Waals surface area contributed by atoms with Crippen LogP contribution in [0.2, 0.25) is 0 Å². The Morgan fingerprint density at radius 1 is 1.40 bits per heavy atom. The molecule has 0 radical (unpaired) electrons. The minimum Gasteiger partial charge on any atom is -0.310 e. The van der Waals surface area contributed by atoms with Gasteiger partial charge >= 0.3 is 0 Å². The normalized spacial score (nSPS) is 16.1. The monoisotopic (exact) mass is 281 g/mol. The zero-order valence-electron chi connectivity index (χ0n) is 8.29. The van der Waals surface area contributed by atoms with Gasteiger partial charge in [-0.1, -0.05) is 12.1 Å². The van der Waals surface area contributed by atoms with Gasteiger partial charge in [-0.15, -0.1) is 11.3 Å². The van der Waals surface area contributed by atoms with Crippen molar-refractivity contribution in [2.75, 3.05) is 0 Å². The van der Waals surface area contributed by atoms with E-state index in [1.165, 1.54) is 33.0 Å². The molecule has 0 amide bonds. The third-order valence-corrected chi connectivity index (χ3v) is 4.79. The first-order chi connectivity index (χ1) is 7.34. The molecule has 3 rings (SSSR count). The summed E-state index contributed by atoms with van der Waals surface area (Å²) in [4.78, 5) is 0. The van der Waals surface area contributed by atoms with Crippen LogP contribution in [0, 0.1) is 0 Å². The predicted molar refractivity (Wildman–Crippen MR) is 69.4 cm³/mol. The first kappa shape index (κ1) is 9.82. The molecule has 1 aliphatic carbocycles. The summed E-state index contributed by atoms with van der Waals surface area (Å²) in [5.74, 6) is 0. The summed E-state index contributed by atoms with van der Waals surface area (Å²) in [6, 6.07) is 7.21. The molecule has 1 N–H and O–H groups in total. The van der Waals surface area contributed by atoms with Crippen molar-refractivity contribution in [2.24, 2.45) is 0 Å². The number of nitrogens with one attached hydrogen (secondary N) is 1. The van der Waals surface area contributed by atoms with Crippen LogP contribution in [-0.4, -0.2) is 6.04 Å². The summed E-state index contributed by atoms with van der Waals surface area (Å²) in [5, 5.41) is 7.22. The topological polar surface area (TPSA) is 12.0 Å². The number of halogens is 1. The highest BCUT2D eigenvalue weighted by Gasteiger charge is 2.20. The molecular formula is C12H12BrNS. The Kier molecular flexibility index (Phi) is 2.54. The molecule has 0 atom stereocenters. The molecule has 0 aliphatic heterocycles. The van der Waals surface area contributed by atoms with Crippen LogP contribution in [0.4, 0.5) is 0 Å². The molecule has 15 heavy (non-hydrogen) atoms. The van der Waals surface area contributed by atoms with Gasteiger partial charge in [0.15, 0.2) is 0 Å². The molecule has 0 spiro atoms. The summed E-state index contributed by atoms with van der Waals surface area (Å²) in [7, 11) is 0. The molecule has 0 saturated heterocycles. The van der Waals surface area contributed by atoms with Gasteiger partial charge in [0.2, 0.25) is 0 Å². The number of hydrogen-bond donors (Lipinski definition) is 1. The van der Waals surface area contributed by atoms with Crippen LogP contribution >= 0.6 is 27.3 Å². The highest BCUT2D eigenvalue weighted by atomic mass is 79.9. The number of fused-ring (bicyclic) bond motifs is 1. The molecule has 1 heterocycles. The number of rotatable bonds is 3. The summed E-state index contributed by atoms with van der Waals surface area (Å²) >= 11 is 5.42. The Morgan fingerprint density at radius 3 is 3.07 bits per heavy atom. The highest BCUT2D eigenvalue weighted by Crippen LogP contribution is 2.32. The third kappa shape index (κ3) is 1.96. The lowest BCUT2D eigenvalue weighted by Crippen LogP contribution is -2.14. The number of hydrogen-bond acceptors (Lipinski definition) is 2. The zero-order valence-corrected chi connectivity index (χ0v) is 10.7. The summed E-state index contributed by atoms with van der Waals surface area (Å²) in [6.45, 7) is 1.02. The van der Waals surface area contributed by atoms with Crippen molar-refractivity contribution in [3.63, 3.8) is 0 Å². The molecule has 3 heteroatoms. The van der Waals surface area contributed by atoms with Crippen LogP contribution in [0.15, 0.2) is 28.1 Å². The Balaban J connectivity index is 1.92. The van der Waals surface area contributed by atoms with Crippen molar-refractivity contribution in [1.29, 1.82) is 0 Å². The van der Waals surface area contributed by atoms with Crippen molar-refractivity contribution in [1.82, 2.24) is 5.32 Å². The molecule has 78 valence electrons. The Labute approximate surface area is 102 Å². The molecule has 1 aliphatic rings. The molecule has 2 aromatic rings. The first-order valence-corrected chi connectivity index (χ1v) is 6.90. The van der Waals surface area contributed by atoms with Gasteiger partial charge in [0.25, 0.3) is 0 Å². The quantitative estimate of drug-likeness (QED) is 0.899. The molecule has 1 saturated carbocycles. The SMILES string of the molecule is Brc1cccc2c(CNC3CC3)csc12. The van der Waals surface area contributed by atoms with Crippen LogP contribution in [-0.2, 0) is 6.54 Å². The van der Waals surface area contributed by atoms with Crippen molar-refractivity contribution in [3.8, 4) is 0 Å². The van der Waals surface area contributed by atoms with E-state index in [4.69, 9.17) is 0 Å². The largest absolute Gasteiger partial charge is 0.310 e. The van der Waals surface area contributed by atoms with E-state index in [2.05, 4.69) is 44.8 Å². The predicted octanol–water partition coefficient (Wildman–Crippen LogP) is 3.92. The minimum atomic E-state index is 0.784. The fourth-order valence-electron chi connectivity index (χ4n) is 1.75. The smallest absolute Gasteiger partial charge is 0.0488 e. The summed E-state index contributed by atoms with van der Waals surface area (Å²) < 4.78 is 2.58. The average molecular weight is 282 g/mol. The highest BCUT2D eigenvalue weighted by molar-refractivity contribution is 9.10. The maximum atomic E-state index is 3.59. The van der Waals surface area contributed by atoms with Crippen molar-refractivity contribution < 1.29 is 0 Å². The summed E-state index contributed by atoms with van der Waals surface area (Å²) in [5.41, 5.74) is 1.43. The van der Waals surface area contributed by atoms with E-state index in [1.807, 2.05) is 11.3 Å². The molecule has 1 aromatic carbocycles. The lowest BCUT2D eigenvalue weighted by atomic mass is 10.2. The van der Waals surface area contributed by atoms with Gasteiger partial charge in [0.05, 0.1) is 0 Å². The van der Waals surface area contributed by atoms with Gasteiger partial charge in [0.1, 0.15) is 0 Å². The van der Waals surface area contributed by atoms with Gasteiger partial charge in [-0.2, -0.15) is 0 Å². The fourth-order valence-corrected chi connectivity index (χ4v) is 3.38. The van der Waals surface area contributed by atoms with E-state index < -0.39 is 0 Å². The standard InChI is InChI=1S/C12H12BrNS/c13-11-3-1-2-10-8(7-15-12(10)11)6-14-9-4-5-9/h1-3,7,9,14H,4-6H2.